The Morgan fingerprint density at radius 2 is 1.69 bits per heavy atom. The lowest BCUT2D eigenvalue weighted by atomic mass is 9.87. The van der Waals surface area contributed by atoms with Gasteiger partial charge < -0.3 is 10.1 Å². The first-order valence-electron chi connectivity index (χ1n) is 9.16. The largest absolute Gasteiger partial charge is 0.492 e. The predicted molar refractivity (Wildman–Crippen MR) is 109 cm³/mol. The van der Waals surface area contributed by atoms with Crippen LogP contribution in [0.5, 0.6) is 5.75 Å². The van der Waals surface area contributed by atoms with Crippen molar-refractivity contribution in [2.45, 2.75) is 39.5 Å². The first-order chi connectivity index (χ1) is 12.4. The zero-order chi connectivity index (χ0) is 19.0. The van der Waals surface area contributed by atoms with Gasteiger partial charge in [0.1, 0.15) is 12.4 Å². The Labute approximate surface area is 157 Å². The number of ether oxygens (including phenoxy) is 1. The van der Waals surface area contributed by atoms with Gasteiger partial charge in [-0.1, -0.05) is 64.1 Å². The van der Waals surface area contributed by atoms with Crippen molar-refractivity contribution in [2.24, 2.45) is 0 Å². The van der Waals surface area contributed by atoms with Crippen LogP contribution < -0.4 is 10.1 Å². The van der Waals surface area contributed by atoms with Crippen LogP contribution in [-0.2, 0) is 16.6 Å². The molecule has 0 aromatic heterocycles. The number of carbonyl (C=O) groups is 1. The average molecular weight is 351 g/mol. The van der Waals surface area contributed by atoms with Crippen molar-refractivity contribution in [3.63, 3.8) is 0 Å². The minimum atomic E-state index is -0.116. The molecule has 0 saturated carbocycles. The number of hydrogen-bond donors (Lipinski definition) is 1. The molecule has 0 fully saturated rings. The Hall–Kier alpha value is -2.55. The summed E-state index contributed by atoms with van der Waals surface area (Å²) in [6.45, 7) is 9.60. The van der Waals surface area contributed by atoms with Crippen molar-refractivity contribution in [3.8, 4) is 5.75 Å². The Kier molecular flexibility index (Phi) is 7.02. The average Bonchev–Trinajstić information content (AvgIpc) is 2.63. The summed E-state index contributed by atoms with van der Waals surface area (Å²) in [5.74, 6) is 0.709. The first kappa shape index (κ1) is 19.8. The third-order valence-electron chi connectivity index (χ3n) is 4.21. The van der Waals surface area contributed by atoms with Crippen molar-refractivity contribution in [1.29, 1.82) is 0 Å². The van der Waals surface area contributed by atoms with Crippen LogP contribution in [0.3, 0.4) is 0 Å². The molecule has 26 heavy (non-hydrogen) atoms. The van der Waals surface area contributed by atoms with Crippen LogP contribution in [-0.4, -0.2) is 19.1 Å². The van der Waals surface area contributed by atoms with E-state index in [-0.39, 0.29) is 11.3 Å². The fourth-order valence-electron chi connectivity index (χ4n) is 2.49. The van der Waals surface area contributed by atoms with Crippen LogP contribution in [0.4, 0.5) is 0 Å². The molecule has 138 valence electrons. The highest BCUT2D eigenvalue weighted by atomic mass is 16.5. The lowest BCUT2D eigenvalue weighted by molar-refractivity contribution is -0.116. The number of nitrogens with one attached hydrogen (secondary N) is 1. The van der Waals surface area contributed by atoms with Crippen LogP contribution in [0, 0.1) is 0 Å². The second-order valence-electron chi connectivity index (χ2n) is 7.34. The number of hydrogen-bond acceptors (Lipinski definition) is 2. The zero-order valence-corrected chi connectivity index (χ0v) is 16.2. The molecular formula is C23H29NO2. The van der Waals surface area contributed by atoms with E-state index in [0.717, 1.165) is 17.7 Å². The van der Waals surface area contributed by atoms with Gasteiger partial charge in [-0.3, -0.25) is 4.79 Å². The highest BCUT2D eigenvalue weighted by Gasteiger charge is 2.12. The normalized spacial score (nSPS) is 11.5. The highest BCUT2D eigenvalue weighted by Crippen LogP contribution is 2.22. The third-order valence-corrected chi connectivity index (χ3v) is 4.21. The molecule has 3 nitrogen and oxygen atoms in total. The Balaban J connectivity index is 1.73. The summed E-state index contributed by atoms with van der Waals surface area (Å²) in [6, 6.07) is 16.3. The van der Waals surface area contributed by atoms with Crippen molar-refractivity contribution in [1.82, 2.24) is 5.32 Å². The number of aryl methyl sites for hydroxylation is 1. The standard InChI is InChI=1S/C23H29NO2/c1-5-18-8-13-21(14-9-18)26-17-16-24-22(25)15-10-19-6-11-20(12-7-19)23(2,3)4/h6-15H,5,16-17H2,1-4H3,(H,24,25)/b15-10+. The summed E-state index contributed by atoms with van der Waals surface area (Å²) in [5, 5.41) is 2.83. The van der Waals surface area contributed by atoms with Gasteiger partial charge in [-0.15, -0.1) is 0 Å². The lowest BCUT2D eigenvalue weighted by Crippen LogP contribution is -2.26. The summed E-state index contributed by atoms with van der Waals surface area (Å²) in [6.07, 6.45) is 4.40. The molecule has 0 radical (unpaired) electrons. The predicted octanol–water partition coefficient (Wildman–Crippen LogP) is 4.75. The second-order valence-corrected chi connectivity index (χ2v) is 7.34. The van der Waals surface area contributed by atoms with Crippen LogP contribution in [0.15, 0.2) is 54.6 Å². The van der Waals surface area contributed by atoms with E-state index in [1.807, 2.05) is 30.3 Å². The van der Waals surface area contributed by atoms with Crippen molar-refractivity contribution in [2.75, 3.05) is 13.2 Å². The van der Waals surface area contributed by atoms with E-state index in [9.17, 15) is 4.79 Å². The number of carbonyl (C=O) groups excluding carboxylic acids is 1. The molecule has 2 rings (SSSR count). The van der Waals surface area contributed by atoms with Crippen LogP contribution >= 0.6 is 0 Å². The molecule has 3 heteroatoms. The van der Waals surface area contributed by atoms with Gasteiger partial charge in [0.15, 0.2) is 0 Å². The Morgan fingerprint density at radius 3 is 2.27 bits per heavy atom. The molecule has 0 atom stereocenters. The maximum Gasteiger partial charge on any atom is 0.244 e. The van der Waals surface area contributed by atoms with Crippen molar-refractivity contribution >= 4 is 12.0 Å². The van der Waals surface area contributed by atoms with E-state index >= 15 is 0 Å². The van der Waals surface area contributed by atoms with E-state index in [4.69, 9.17) is 4.74 Å². The van der Waals surface area contributed by atoms with E-state index in [2.05, 4.69) is 57.3 Å². The molecule has 0 aliphatic rings. The van der Waals surface area contributed by atoms with Gasteiger partial charge >= 0.3 is 0 Å². The summed E-state index contributed by atoms with van der Waals surface area (Å²) in [5.41, 5.74) is 3.71. The Morgan fingerprint density at radius 1 is 1.04 bits per heavy atom. The maximum atomic E-state index is 11.9. The van der Waals surface area contributed by atoms with E-state index in [1.54, 1.807) is 6.08 Å². The van der Waals surface area contributed by atoms with Crippen molar-refractivity contribution in [3.05, 3.63) is 71.3 Å². The molecular weight excluding hydrogens is 322 g/mol. The highest BCUT2D eigenvalue weighted by molar-refractivity contribution is 5.91. The van der Waals surface area contributed by atoms with E-state index in [1.165, 1.54) is 11.1 Å². The molecule has 2 aromatic carbocycles. The molecule has 0 aliphatic heterocycles. The second kappa shape index (κ2) is 9.23. The summed E-state index contributed by atoms with van der Waals surface area (Å²) in [7, 11) is 0. The lowest BCUT2D eigenvalue weighted by Gasteiger charge is -2.18. The van der Waals surface area contributed by atoms with Gasteiger partial charge in [0.25, 0.3) is 0 Å². The molecule has 0 heterocycles. The number of benzene rings is 2. The molecule has 1 amide bonds. The minimum absolute atomic E-state index is 0.116. The smallest absolute Gasteiger partial charge is 0.244 e. The number of rotatable bonds is 7. The van der Waals surface area contributed by atoms with Gasteiger partial charge in [-0.2, -0.15) is 0 Å². The van der Waals surface area contributed by atoms with Gasteiger partial charge in [0, 0.05) is 6.08 Å². The van der Waals surface area contributed by atoms with E-state index < -0.39 is 0 Å². The SMILES string of the molecule is CCc1ccc(OCCNC(=O)/C=C/c2ccc(C(C)(C)C)cc2)cc1. The van der Waals surface area contributed by atoms with Crippen molar-refractivity contribution < 1.29 is 9.53 Å². The van der Waals surface area contributed by atoms with Crippen LogP contribution in [0.25, 0.3) is 6.08 Å². The quantitative estimate of drug-likeness (QED) is 0.577. The third kappa shape index (κ3) is 6.40. The van der Waals surface area contributed by atoms with Gasteiger partial charge in [0.05, 0.1) is 6.54 Å². The first-order valence-corrected chi connectivity index (χ1v) is 9.16. The minimum Gasteiger partial charge on any atom is -0.492 e. The molecule has 1 N–H and O–H groups in total. The maximum absolute atomic E-state index is 11.9. The molecule has 2 aromatic rings. The van der Waals surface area contributed by atoms with Gasteiger partial charge in [-0.05, 0) is 46.7 Å². The topological polar surface area (TPSA) is 38.3 Å². The van der Waals surface area contributed by atoms with Crippen LogP contribution in [0.2, 0.25) is 0 Å². The van der Waals surface area contributed by atoms with Gasteiger partial charge in [0.2, 0.25) is 5.91 Å². The molecule has 0 aliphatic carbocycles. The van der Waals surface area contributed by atoms with E-state index in [0.29, 0.717) is 13.2 Å². The molecule has 0 bridgehead atoms. The monoisotopic (exact) mass is 351 g/mol. The zero-order valence-electron chi connectivity index (χ0n) is 16.2. The summed E-state index contributed by atoms with van der Waals surface area (Å²) < 4.78 is 5.62. The summed E-state index contributed by atoms with van der Waals surface area (Å²) >= 11 is 0. The van der Waals surface area contributed by atoms with Crippen LogP contribution in [0.1, 0.15) is 44.4 Å². The number of amides is 1. The molecule has 0 spiro atoms. The molecule has 0 unspecified atom stereocenters. The Bertz CT molecular complexity index is 722. The fraction of sp³-hybridized carbons (Fsp3) is 0.348. The summed E-state index contributed by atoms with van der Waals surface area (Å²) in [4.78, 5) is 11.9. The fourth-order valence-corrected chi connectivity index (χ4v) is 2.49. The van der Waals surface area contributed by atoms with Gasteiger partial charge in [-0.25, -0.2) is 0 Å². The molecule has 0 saturated heterocycles.